The first-order chi connectivity index (χ1) is 29.5. The number of unbranched alkanes of at least 4 members (excludes halogenated alkanes) is 2. The lowest BCUT2D eigenvalue weighted by Crippen LogP contribution is -2.62. The lowest BCUT2D eigenvalue weighted by atomic mass is 9.95. The first-order valence-electron chi connectivity index (χ1n) is 21.2. The minimum absolute atomic E-state index is 0.0407. The predicted octanol–water partition coefficient (Wildman–Crippen LogP) is 10.6. The van der Waals surface area contributed by atoms with E-state index in [1.165, 1.54) is 0 Å². The minimum atomic E-state index is -4.34. The molecule has 1 aliphatic carbocycles. The Morgan fingerprint density at radius 2 is 1.13 bits per heavy atom. The summed E-state index contributed by atoms with van der Waals surface area (Å²) in [6.45, 7) is 9.11. The highest BCUT2D eigenvalue weighted by Crippen LogP contribution is 2.53. The van der Waals surface area contributed by atoms with Gasteiger partial charge < -0.3 is 28.4 Å². The van der Waals surface area contributed by atoms with Crippen LogP contribution in [0.2, 0.25) is 0 Å². The summed E-state index contributed by atoms with van der Waals surface area (Å²) in [5, 5.41) is 0. The molecule has 12 nitrogen and oxygen atoms in total. The molecule has 0 bridgehead atoms. The molecule has 61 heavy (non-hydrogen) atoms. The molecule has 4 aromatic carbocycles. The molecule has 0 N–H and O–H groups in total. The van der Waals surface area contributed by atoms with E-state index in [2.05, 4.69) is 12.1 Å². The molecule has 1 heterocycles. The number of hydrogen-bond donors (Lipinski definition) is 0. The second kappa shape index (κ2) is 22.1. The number of benzene rings is 4. The highest BCUT2D eigenvalue weighted by atomic mass is 31.2. The molecule has 0 unspecified atom stereocenters. The van der Waals surface area contributed by atoms with Gasteiger partial charge in [0.15, 0.2) is 6.10 Å². The predicted molar refractivity (Wildman–Crippen MR) is 229 cm³/mol. The Labute approximate surface area is 359 Å². The van der Waals surface area contributed by atoms with Crippen LogP contribution in [0, 0.1) is 5.41 Å². The Morgan fingerprint density at radius 3 is 1.66 bits per heavy atom. The molecule has 0 radical (unpaired) electrons. The average Bonchev–Trinajstić information content (AvgIpc) is 3.58. The minimum Gasteiger partial charge on any atom is -0.454 e. The van der Waals surface area contributed by atoms with Gasteiger partial charge in [0, 0.05) is 5.92 Å². The smallest absolute Gasteiger partial charge is 0.454 e. The Morgan fingerprint density at radius 1 is 0.639 bits per heavy atom. The van der Waals surface area contributed by atoms with Crippen LogP contribution in [0.4, 0.5) is 4.79 Å². The fourth-order valence-corrected chi connectivity index (χ4v) is 8.42. The molecule has 0 spiro atoms. The zero-order valence-corrected chi connectivity index (χ0v) is 36.7. The molecular formula is C48H59O12P. The number of rotatable bonds is 21. The standard InChI is InChI=1S/C48H59O12P/c1-6-8-28-56-61(51,57-29-9-7-2)60-45-44(59-46(49)48(3,4)5)43(53-31-35-22-14-11-15-23-35)42(52-30-34-20-12-10-13-21-34)41(58-45)33-55-47(50)54-32-40-38-26-18-16-24-36(38)37-25-17-19-27-39(37)40/h10-27,40-45H,6-9,28-33H2,1-5H3/t41-,42-,43+,44+,45-/m1/s1. The number of esters is 1. The third-order valence-electron chi connectivity index (χ3n) is 10.4. The molecule has 2 aliphatic rings. The SMILES string of the molecule is CCCCOP(=O)(OCCCC)O[C@H]1O[C@H](COC(=O)OCC2c3ccccc3-c3ccccc32)[C@@H](OCc2ccccc2)[C@H](OCc2ccccc2)[C@@H]1OC(=O)C(C)(C)C. The lowest BCUT2D eigenvalue weighted by molar-refractivity contribution is -0.305. The van der Waals surface area contributed by atoms with E-state index < -0.39 is 62.7 Å². The molecule has 4 aromatic rings. The Bertz CT molecular complexity index is 1980. The largest absolute Gasteiger partial charge is 0.508 e. The molecule has 0 aromatic heterocycles. The van der Waals surface area contributed by atoms with Gasteiger partial charge >= 0.3 is 19.9 Å². The van der Waals surface area contributed by atoms with Crippen molar-refractivity contribution in [2.24, 2.45) is 5.41 Å². The van der Waals surface area contributed by atoms with Gasteiger partial charge in [0.05, 0.1) is 31.8 Å². The fourth-order valence-electron chi connectivity index (χ4n) is 7.10. The van der Waals surface area contributed by atoms with E-state index in [0.717, 1.165) is 46.2 Å². The van der Waals surface area contributed by atoms with Gasteiger partial charge in [0.25, 0.3) is 0 Å². The van der Waals surface area contributed by atoms with Crippen LogP contribution in [0.25, 0.3) is 11.1 Å². The second-order valence-electron chi connectivity index (χ2n) is 16.2. The Kier molecular flexibility index (Phi) is 16.7. The van der Waals surface area contributed by atoms with E-state index in [1.54, 1.807) is 20.8 Å². The number of hydrogen-bond acceptors (Lipinski definition) is 12. The Hall–Kier alpha value is -4.39. The molecule has 0 saturated carbocycles. The van der Waals surface area contributed by atoms with E-state index in [0.29, 0.717) is 12.8 Å². The summed E-state index contributed by atoms with van der Waals surface area (Å²) < 4.78 is 69.9. The maximum Gasteiger partial charge on any atom is 0.508 e. The van der Waals surface area contributed by atoms with Crippen molar-refractivity contribution in [1.82, 2.24) is 0 Å². The molecule has 1 aliphatic heterocycles. The van der Waals surface area contributed by atoms with Crippen LogP contribution in [0.15, 0.2) is 109 Å². The van der Waals surface area contributed by atoms with E-state index in [9.17, 15) is 14.2 Å². The van der Waals surface area contributed by atoms with Crippen molar-refractivity contribution in [3.63, 3.8) is 0 Å². The van der Waals surface area contributed by atoms with Gasteiger partial charge in [-0.15, -0.1) is 0 Å². The molecule has 0 amide bonds. The Balaban J connectivity index is 1.31. The number of fused-ring (bicyclic) bond motifs is 3. The van der Waals surface area contributed by atoms with Gasteiger partial charge in [0.1, 0.15) is 31.5 Å². The van der Waals surface area contributed by atoms with Gasteiger partial charge in [-0.3, -0.25) is 18.4 Å². The summed E-state index contributed by atoms with van der Waals surface area (Å²) in [4.78, 5) is 27.3. The fraction of sp³-hybridized carbons (Fsp3) is 0.458. The van der Waals surface area contributed by atoms with Crippen molar-refractivity contribution in [1.29, 1.82) is 0 Å². The normalized spacial score (nSPS) is 20.1. The highest BCUT2D eigenvalue weighted by molar-refractivity contribution is 7.48. The van der Waals surface area contributed by atoms with Crippen molar-refractivity contribution in [3.8, 4) is 11.1 Å². The van der Waals surface area contributed by atoms with Crippen LogP contribution in [0.3, 0.4) is 0 Å². The summed E-state index contributed by atoms with van der Waals surface area (Å²) in [7, 11) is -4.34. The number of phosphoric acid groups is 1. The molecular weight excluding hydrogens is 799 g/mol. The second-order valence-corrected chi connectivity index (χ2v) is 17.8. The molecule has 5 atom stereocenters. The van der Waals surface area contributed by atoms with E-state index in [-0.39, 0.29) is 39.0 Å². The molecule has 328 valence electrons. The first kappa shape index (κ1) is 46.1. The quantitative estimate of drug-likeness (QED) is 0.0448. The number of carbonyl (C=O) groups excluding carboxylic acids is 2. The summed E-state index contributed by atoms with van der Waals surface area (Å²) in [6.07, 6.45) is -4.37. The summed E-state index contributed by atoms with van der Waals surface area (Å²) in [5.41, 5.74) is 5.02. The van der Waals surface area contributed by atoms with Crippen molar-refractivity contribution < 1.29 is 56.1 Å². The zero-order valence-electron chi connectivity index (χ0n) is 35.8. The van der Waals surface area contributed by atoms with Crippen LogP contribution in [0.1, 0.15) is 88.5 Å². The van der Waals surface area contributed by atoms with Crippen molar-refractivity contribution in [2.75, 3.05) is 26.4 Å². The first-order valence-corrected chi connectivity index (χ1v) is 22.7. The van der Waals surface area contributed by atoms with Crippen molar-refractivity contribution in [3.05, 3.63) is 131 Å². The van der Waals surface area contributed by atoms with Gasteiger partial charge in [-0.2, -0.15) is 0 Å². The third kappa shape index (κ3) is 12.6. The van der Waals surface area contributed by atoms with Crippen LogP contribution in [-0.4, -0.2) is 69.3 Å². The van der Waals surface area contributed by atoms with Crippen LogP contribution in [0.5, 0.6) is 0 Å². The van der Waals surface area contributed by atoms with E-state index in [1.807, 2.05) is 111 Å². The molecule has 13 heteroatoms. The van der Waals surface area contributed by atoms with E-state index in [4.69, 9.17) is 42.0 Å². The summed E-state index contributed by atoms with van der Waals surface area (Å²) >= 11 is 0. The van der Waals surface area contributed by atoms with E-state index >= 15 is 0 Å². The van der Waals surface area contributed by atoms with Crippen molar-refractivity contribution >= 4 is 19.9 Å². The third-order valence-corrected chi connectivity index (χ3v) is 11.9. The highest BCUT2D eigenvalue weighted by Gasteiger charge is 2.54. The lowest BCUT2D eigenvalue weighted by Gasteiger charge is -2.45. The monoisotopic (exact) mass is 858 g/mol. The maximum atomic E-state index is 14.4. The van der Waals surface area contributed by atoms with Crippen LogP contribution in [-0.2, 0) is 64.6 Å². The molecule has 1 fully saturated rings. The van der Waals surface area contributed by atoms with Crippen molar-refractivity contribution in [2.45, 2.75) is 110 Å². The zero-order chi connectivity index (χ0) is 43.2. The maximum absolute atomic E-state index is 14.4. The molecule has 1 saturated heterocycles. The van der Waals surface area contributed by atoms with Crippen LogP contribution >= 0.6 is 7.82 Å². The number of phosphoric ester groups is 1. The van der Waals surface area contributed by atoms with Crippen LogP contribution < -0.4 is 0 Å². The number of carbonyl (C=O) groups is 2. The number of ether oxygens (including phenoxy) is 6. The average molecular weight is 859 g/mol. The topological polar surface area (TPSA) is 134 Å². The van der Waals surface area contributed by atoms with Gasteiger partial charge in [-0.1, -0.05) is 136 Å². The summed E-state index contributed by atoms with van der Waals surface area (Å²) in [6, 6.07) is 35.1. The van der Waals surface area contributed by atoms with Gasteiger partial charge in [0.2, 0.25) is 6.29 Å². The van der Waals surface area contributed by atoms with Gasteiger partial charge in [-0.05, 0) is 67.0 Å². The molecule has 6 rings (SSSR count). The summed E-state index contributed by atoms with van der Waals surface area (Å²) in [5.74, 6) is -0.777. The van der Waals surface area contributed by atoms with Gasteiger partial charge in [-0.25, -0.2) is 9.36 Å².